The molecule has 5 heteroatoms. The summed E-state index contributed by atoms with van der Waals surface area (Å²) in [5.41, 5.74) is 6.41. The number of rotatable bonds is 0. The average Bonchev–Trinajstić information content (AvgIpc) is 2.33. The van der Waals surface area contributed by atoms with Crippen molar-refractivity contribution >= 4 is 32.7 Å². The number of halogens is 1. The van der Waals surface area contributed by atoms with Gasteiger partial charge in [0.2, 0.25) is 0 Å². The molecule has 56 valence electrons. The molecule has 2 aromatic rings. The molecule has 0 saturated heterocycles. The quantitative estimate of drug-likeness (QED) is 0.648. The van der Waals surface area contributed by atoms with Crippen LogP contribution in [0, 0.1) is 0 Å². The van der Waals surface area contributed by atoms with E-state index in [9.17, 15) is 0 Å². The highest BCUT2D eigenvalue weighted by atomic mass is 79.9. The first kappa shape index (κ1) is 6.60. The lowest BCUT2D eigenvalue weighted by Crippen LogP contribution is -1.83. The van der Waals surface area contributed by atoms with Crippen molar-refractivity contribution in [2.45, 2.75) is 0 Å². The normalized spacial score (nSPS) is 10.6. The predicted octanol–water partition coefficient (Wildman–Crippen LogP) is 1.30. The van der Waals surface area contributed by atoms with Gasteiger partial charge < -0.3 is 5.73 Å². The first-order valence-electron chi connectivity index (χ1n) is 3.02. The lowest BCUT2D eigenvalue weighted by molar-refractivity contribution is 1.12. The molecule has 0 radical (unpaired) electrons. The van der Waals surface area contributed by atoms with Crippen LogP contribution >= 0.6 is 15.9 Å². The molecular weight excluding hydrogens is 208 g/mol. The third kappa shape index (κ3) is 0.970. The van der Waals surface area contributed by atoms with E-state index in [-0.39, 0.29) is 0 Å². The van der Waals surface area contributed by atoms with Gasteiger partial charge in [0.1, 0.15) is 4.60 Å². The number of nitrogens with zero attached hydrogens (tertiary/aromatic N) is 2. The van der Waals surface area contributed by atoms with Crippen molar-refractivity contribution in [3.8, 4) is 0 Å². The molecule has 3 N–H and O–H groups in total. The lowest BCUT2D eigenvalue weighted by Gasteiger charge is -1.89. The first-order valence-corrected chi connectivity index (χ1v) is 3.82. The minimum atomic E-state index is 0.503. The zero-order valence-electron chi connectivity index (χ0n) is 5.50. The van der Waals surface area contributed by atoms with E-state index in [1.54, 1.807) is 6.20 Å². The Morgan fingerprint density at radius 1 is 1.55 bits per heavy atom. The minimum absolute atomic E-state index is 0.503. The van der Waals surface area contributed by atoms with Crippen LogP contribution in [0.2, 0.25) is 0 Å². The average molecular weight is 213 g/mol. The van der Waals surface area contributed by atoms with E-state index < -0.39 is 0 Å². The second-order valence-corrected chi connectivity index (χ2v) is 2.97. The highest BCUT2D eigenvalue weighted by molar-refractivity contribution is 9.10. The monoisotopic (exact) mass is 212 g/mol. The van der Waals surface area contributed by atoms with Crippen LogP contribution in [0.5, 0.6) is 0 Å². The van der Waals surface area contributed by atoms with E-state index in [4.69, 9.17) is 5.73 Å². The first-order chi connectivity index (χ1) is 5.27. The molecule has 0 saturated carbocycles. The van der Waals surface area contributed by atoms with Gasteiger partial charge in [-0.2, -0.15) is 5.10 Å². The second-order valence-electron chi connectivity index (χ2n) is 2.16. The van der Waals surface area contributed by atoms with Crippen molar-refractivity contribution in [1.29, 1.82) is 0 Å². The van der Waals surface area contributed by atoms with Gasteiger partial charge in [0, 0.05) is 5.39 Å². The van der Waals surface area contributed by atoms with Gasteiger partial charge in [-0.3, -0.25) is 5.10 Å². The number of nitrogen functional groups attached to an aromatic ring is 1. The fourth-order valence-electron chi connectivity index (χ4n) is 0.912. The van der Waals surface area contributed by atoms with E-state index in [1.165, 1.54) is 0 Å². The van der Waals surface area contributed by atoms with Gasteiger partial charge in [-0.15, -0.1) is 0 Å². The number of nitrogens with two attached hydrogens (primary N) is 1. The Labute approximate surface area is 70.9 Å². The third-order valence-corrected chi connectivity index (χ3v) is 1.88. The fraction of sp³-hybridized carbons (Fsp3) is 0. The second kappa shape index (κ2) is 2.20. The molecule has 0 spiro atoms. The molecular formula is C6H5BrN4. The third-order valence-electron chi connectivity index (χ3n) is 1.44. The van der Waals surface area contributed by atoms with Crippen LogP contribution < -0.4 is 5.73 Å². The van der Waals surface area contributed by atoms with Crippen LogP contribution in [0.3, 0.4) is 0 Å². The minimum Gasteiger partial charge on any atom is -0.382 e. The summed E-state index contributed by atoms with van der Waals surface area (Å²) in [7, 11) is 0. The Kier molecular flexibility index (Phi) is 1.32. The summed E-state index contributed by atoms with van der Waals surface area (Å²) in [4.78, 5) is 4.01. The van der Waals surface area contributed by atoms with E-state index in [0.717, 1.165) is 15.5 Å². The molecule has 0 aliphatic rings. The van der Waals surface area contributed by atoms with Crippen LogP contribution in [-0.4, -0.2) is 15.2 Å². The van der Waals surface area contributed by atoms with Crippen LogP contribution in [0.1, 0.15) is 0 Å². The van der Waals surface area contributed by atoms with Crippen LogP contribution in [0.25, 0.3) is 10.9 Å². The van der Waals surface area contributed by atoms with Crippen LogP contribution in [0.4, 0.5) is 5.82 Å². The summed E-state index contributed by atoms with van der Waals surface area (Å²) < 4.78 is 0.762. The van der Waals surface area contributed by atoms with E-state index in [1.807, 2.05) is 6.07 Å². The standard InChI is InChI=1S/C6H5BrN4/c7-5-1-3-4(2-9-5)10-11-6(3)8/h1-2H,(H3,8,10,11). The summed E-state index contributed by atoms with van der Waals surface area (Å²) >= 11 is 3.24. The summed E-state index contributed by atoms with van der Waals surface area (Å²) in [6.07, 6.45) is 1.68. The number of aromatic nitrogens is 3. The molecule has 2 aromatic heterocycles. The Hall–Kier alpha value is -1.10. The number of H-pyrrole nitrogens is 1. The maximum absolute atomic E-state index is 5.55. The predicted molar refractivity (Wildman–Crippen MR) is 46.0 cm³/mol. The molecule has 0 unspecified atom stereocenters. The van der Waals surface area contributed by atoms with Crippen molar-refractivity contribution in [2.75, 3.05) is 5.73 Å². The number of anilines is 1. The molecule has 2 heterocycles. The van der Waals surface area contributed by atoms with Crippen molar-refractivity contribution in [3.05, 3.63) is 16.9 Å². The largest absolute Gasteiger partial charge is 0.382 e. The molecule has 11 heavy (non-hydrogen) atoms. The summed E-state index contributed by atoms with van der Waals surface area (Å²) in [5, 5.41) is 7.48. The highest BCUT2D eigenvalue weighted by Crippen LogP contribution is 2.19. The summed E-state index contributed by atoms with van der Waals surface area (Å²) in [5.74, 6) is 0.503. The zero-order valence-corrected chi connectivity index (χ0v) is 7.09. The molecule has 0 amide bonds. The highest BCUT2D eigenvalue weighted by Gasteiger charge is 2.01. The van der Waals surface area contributed by atoms with Gasteiger partial charge in [-0.25, -0.2) is 4.98 Å². The lowest BCUT2D eigenvalue weighted by atomic mass is 10.3. The molecule has 0 fully saturated rings. The molecule has 0 aromatic carbocycles. The van der Waals surface area contributed by atoms with E-state index >= 15 is 0 Å². The van der Waals surface area contributed by atoms with Gasteiger partial charge in [0.25, 0.3) is 0 Å². The zero-order chi connectivity index (χ0) is 7.84. The van der Waals surface area contributed by atoms with Gasteiger partial charge in [0.15, 0.2) is 5.82 Å². The summed E-state index contributed by atoms with van der Waals surface area (Å²) in [6.45, 7) is 0. The molecule has 0 atom stereocenters. The van der Waals surface area contributed by atoms with Gasteiger partial charge in [-0.1, -0.05) is 0 Å². The Morgan fingerprint density at radius 3 is 3.18 bits per heavy atom. The van der Waals surface area contributed by atoms with Gasteiger partial charge >= 0.3 is 0 Å². The molecule has 0 aliphatic heterocycles. The Balaban J connectivity index is 2.87. The smallest absolute Gasteiger partial charge is 0.153 e. The number of nitrogens with one attached hydrogen (secondary N) is 1. The van der Waals surface area contributed by atoms with Crippen molar-refractivity contribution in [3.63, 3.8) is 0 Å². The maximum atomic E-state index is 5.55. The molecule has 0 bridgehead atoms. The Morgan fingerprint density at radius 2 is 2.36 bits per heavy atom. The number of aromatic amines is 1. The van der Waals surface area contributed by atoms with E-state index in [0.29, 0.717) is 5.82 Å². The molecule has 2 rings (SSSR count). The van der Waals surface area contributed by atoms with Crippen molar-refractivity contribution < 1.29 is 0 Å². The van der Waals surface area contributed by atoms with Gasteiger partial charge in [-0.05, 0) is 22.0 Å². The number of pyridine rings is 1. The number of hydrogen-bond donors (Lipinski definition) is 2. The topological polar surface area (TPSA) is 67.6 Å². The van der Waals surface area contributed by atoms with Crippen molar-refractivity contribution in [2.24, 2.45) is 0 Å². The maximum Gasteiger partial charge on any atom is 0.153 e. The van der Waals surface area contributed by atoms with Gasteiger partial charge in [0.05, 0.1) is 11.7 Å². The molecule has 4 nitrogen and oxygen atoms in total. The Bertz CT molecular complexity index is 394. The number of hydrogen-bond acceptors (Lipinski definition) is 3. The van der Waals surface area contributed by atoms with Crippen LogP contribution in [0.15, 0.2) is 16.9 Å². The summed E-state index contributed by atoms with van der Waals surface area (Å²) in [6, 6.07) is 1.83. The van der Waals surface area contributed by atoms with Crippen molar-refractivity contribution in [1.82, 2.24) is 15.2 Å². The fourth-order valence-corrected chi connectivity index (χ4v) is 1.24. The molecule has 0 aliphatic carbocycles. The number of fused-ring (bicyclic) bond motifs is 1. The SMILES string of the molecule is Nc1n[nH]c2cnc(Br)cc12. The van der Waals surface area contributed by atoms with E-state index in [2.05, 4.69) is 31.1 Å². The van der Waals surface area contributed by atoms with Crippen LogP contribution in [-0.2, 0) is 0 Å².